The fourth-order valence-electron chi connectivity index (χ4n) is 5.39. The van der Waals surface area contributed by atoms with E-state index in [9.17, 15) is 8.42 Å². The molecule has 11 nitrogen and oxygen atoms in total. The first-order valence-corrected chi connectivity index (χ1v) is 13.0. The second kappa shape index (κ2) is 8.22. The first kappa shape index (κ1) is 22.8. The van der Waals surface area contributed by atoms with Crippen molar-refractivity contribution in [3.63, 3.8) is 0 Å². The highest BCUT2D eigenvalue weighted by Crippen LogP contribution is 2.47. The molecule has 35 heavy (non-hydrogen) atoms. The van der Waals surface area contributed by atoms with Crippen molar-refractivity contribution in [3.8, 4) is 0 Å². The fourth-order valence-corrected chi connectivity index (χ4v) is 5.71. The molecule has 3 aliphatic rings. The molecular weight excluding hydrogens is 474 g/mol. The summed E-state index contributed by atoms with van der Waals surface area (Å²) in [6.45, 7) is 3.33. The number of benzene rings is 1. The molecule has 0 radical (unpaired) electrons. The van der Waals surface area contributed by atoms with E-state index in [1.54, 1.807) is 13.8 Å². The Morgan fingerprint density at radius 1 is 1.20 bits per heavy atom. The van der Waals surface area contributed by atoms with Gasteiger partial charge < -0.3 is 24.5 Å². The van der Waals surface area contributed by atoms with Gasteiger partial charge in [-0.3, -0.25) is 4.18 Å². The van der Waals surface area contributed by atoms with E-state index in [1.807, 2.05) is 6.20 Å². The Kier molecular flexibility index (Phi) is 5.36. The Balaban J connectivity index is 1.30. The van der Waals surface area contributed by atoms with Gasteiger partial charge >= 0.3 is 10.3 Å². The van der Waals surface area contributed by atoms with Crippen LogP contribution < -0.4 is 10.5 Å². The number of ether oxygens (including phenoxy) is 3. The maximum Gasteiger partial charge on any atom is 0.333 e. The van der Waals surface area contributed by atoms with Crippen molar-refractivity contribution in [1.82, 2.24) is 15.0 Å². The van der Waals surface area contributed by atoms with Gasteiger partial charge in [-0.15, -0.1) is 0 Å². The second-order valence-corrected chi connectivity index (χ2v) is 10.8. The number of H-pyrrole nitrogens is 1. The Labute approximate surface area is 202 Å². The number of aryl methyl sites for hydroxylation is 1. The number of nitrogens with two attached hydrogens (primary N) is 1. The highest BCUT2D eigenvalue weighted by atomic mass is 32.2. The van der Waals surface area contributed by atoms with Crippen molar-refractivity contribution in [1.29, 1.82) is 0 Å². The summed E-state index contributed by atoms with van der Waals surface area (Å²) in [6, 6.07) is 8.59. The van der Waals surface area contributed by atoms with Gasteiger partial charge in [-0.25, -0.2) is 15.1 Å². The zero-order chi connectivity index (χ0) is 24.4. The first-order valence-electron chi connectivity index (χ1n) is 11.5. The van der Waals surface area contributed by atoms with Crippen molar-refractivity contribution in [2.75, 3.05) is 11.9 Å². The van der Waals surface area contributed by atoms with Crippen molar-refractivity contribution >= 4 is 27.2 Å². The molecule has 5 atom stereocenters. The van der Waals surface area contributed by atoms with E-state index >= 15 is 0 Å². The monoisotopic (exact) mass is 501 g/mol. The van der Waals surface area contributed by atoms with E-state index in [2.05, 4.69) is 44.5 Å². The standard InChI is InChI=1S/C23H27N5O6S/c1-23(2)33-20-16(10-31-35(24,29)30)32-19(21(20)34-23)14-9-25-18-17(14)26-11-27-22(18)28-15-8-7-12-5-3-4-6-13(12)15/h3-6,9,11,15-16,19-21,25H,7-8,10H2,1-2H3,(H2,24,29,30)(H,26,27,28)/t15-,16+,19-,20+,21-/m0/s1. The molecule has 2 aromatic heterocycles. The summed E-state index contributed by atoms with van der Waals surface area (Å²) in [5.74, 6) is -0.156. The van der Waals surface area contributed by atoms with Gasteiger partial charge in [0.1, 0.15) is 36.3 Å². The summed E-state index contributed by atoms with van der Waals surface area (Å²) in [6.07, 6.45) is 3.09. The SMILES string of the molecule is CC1(C)O[C@@H]2[C@H](O1)[C@@H](COS(N)(=O)=O)O[C@H]2c1c[nH]c2c(N[C@H]3CCc4ccccc43)ncnc12. The summed E-state index contributed by atoms with van der Waals surface area (Å²) >= 11 is 0. The molecule has 0 spiro atoms. The average Bonchev–Trinajstić information content (AvgIpc) is 3.54. The van der Waals surface area contributed by atoms with Crippen LogP contribution in [0.25, 0.3) is 11.0 Å². The number of hydrogen-bond acceptors (Lipinski definition) is 9. The number of hydrogen-bond donors (Lipinski definition) is 3. The van der Waals surface area contributed by atoms with Gasteiger partial charge in [0.15, 0.2) is 11.6 Å². The highest BCUT2D eigenvalue weighted by molar-refractivity contribution is 7.84. The van der Waals surface area contributed by atoms with Crippen LogP contribution in [0.5, 0.6) is 0 Å². The highest BCUT2D eigenvalue weighted by Gasteiger charge is 2.56. The van der Waals surface area contributed by atoms with E-state index < -0.39 is 40.5 Å². The first-order chi connectivity index (χ1) is 16.7. The van der Waals surface area contributed by atoms with Crippen LogP contribution in [-0.2, 0) is 35.1 Å². The summed E-state index contributed by atoms with van der Waals surface area (Å²) in [4.78, 5) is 12.3. The van der Waals surface area contributed by atoms with Gasteiger partial charge in [0.2, 0.25) is 0 Å². The van der Waals surface area contributed by atoms with Crippen molar-refractivity contribution in [2.24, 2.45) is 5.14 Å². The van der Waals surface area contributed by atoms with E-state index in [0.717, 1.165) is 23.9 Å². The largest absolute Gasteiger partial charge is 0.362 e. The van der Waals surface area contributed by atoms with Gasteiger partial charge in [-0.2, -0.15) is 8.42 Å². The van der Waals surface area contributed by atoms with Gasteiger partial charge in [0, 0.05) is 11.8 Å². The van der Waals surface area contributed by atoms with E-state index in [-0.39, 0.29) is 12.6 Å². The predicted octanol–water partition coefficient (Wildman–Crippen LogP) is 2.24. The molecule has 1 aliphatic carbocycles. The number of aromatic amines is 1. The molecule has 2 saturated heterocycles. The molecule has 186 valence electrons. The Hall–Kier alpha value is -2.61. The van der Waals surface area contributed by atoms with Crippen LogP contribution in [0.15, 0.2) is 36.8 Å². The Morgan fingerprint density at radius 3 is 2.83 bits per heavy atom. The third-order valence-corrected chi connectivity index (χ3v) is 7.25. The van der Waals surface area contributed by atoms with Gasteiger partial charge in [-0.1, -0.05) is 24.3 Å². The maximum absolute atomic E-state index is 11.3. The Bertz CT molecular complexity index is 1380. The maximum atomic E-state index is 11.3. The number of nitrogens with one attached hydrogen (secondary N) is 2. The third-order valence-electron chi connectivity index (χ3n) is 6.79. The third kappa shape index (κ3) is 4.20. The molecule has 0 unspecified atom stereocenters. The van der Waals surface area contributed by atoms with E-state index in [1.165, 1.54) is 17.5 Å². The van der Waals surface area contributed by atoms with Crippen molar-refractivity contribution in [3.05, 3.63) is 53.5 Å². The lowest BCUT2D eigenvalue weighted by molar-refractivity contribution is -0.190. The predicted molar refractivity (Wildman–Crippen MR) is 126 cm³/mol. The second-order valence-electron chi connectivity index (χ2n) is 9.56. The van der Waals surface area contributed by atoms with Crippen LogP contribution in [0.2, 0.25) is 0 Å². The number of rotatable bonds is 6. The van der Waals surface area contributed by atoms with Crippen molar-refractivity contribution < 1.29 is 26.8 Å². The quantitative estimate of drug-likeness (QED) is 0.462. The molecule has 0 amide bonds. The topological polar surface area (TPSA) is 151 Å². The summed E-state index contributed by atoms with van der Waals surface area (Å²) in [7, 11) is -4.12. The summed E-state index contributed by atoms with van der Waals surface area (Å²) < 4.78 is 45.9. The molecule has 0 saturated carbocycles. The Morgan fingerprint density at radius 2 is 2.00 bits per heavy atom. The van der Waals surface area contributed by atoms with Crippen LogP contribution in [0.1, 0.15) is 49.1 Å². The van der Waals surface area contributed by atoms with Crippen LogP contribution >= 0.6 is 0 Å². The minimum absolute atomic E-state index is 0.162. The van der Waals surface area contributed by atoms with Gasteiger partial charge in [0.25, 0.3) is 0 Å². The minimum atomic E-state index is -4.12. The zero-order valence-electron chi connectivity index (χ0n) is 19.3. The molecule has 6 rings (SSSR count). The average molecular weight is 502 g/mol. The minimum Gasteiger partial charge on any atom is -0.362 e. The normalized spacial score (nSPS) is 29.4. The molecule has 4 heterocycles. The molecule has 2 aliphatic heterocycles. The van der Waals surface area contributed by atoms with Crippen LogP contribution in [0.3, 0.4) is 0 Å². The molecule has 4 N–H and O–H groups in total. The van der Waals surface area contributed by atoms with Crippen LogP contribution in [-0.4, -0.2) is 54.1 Å². The number of nitrogens with zero attached hydrogens (tertiary/aromatic N) is 2. The molecular formula is C23H27N5O6S. The summed E-state index contributed by atoms with van der Waals surface area (Å²) in [5, 5.41) is 8.58. The number of anilines is 1. The molecule has 0 bridgehead atoms. The van der Waals surface area contributed by atoms with Crippen LogP contribution in [0.4, 0.5) is 5.82 Å². The van der Waals surface area contributed by atoms with Gasteiger partial charge in [0.05, 0.1) is 18.2 Å². The molecule has 1 aromatic carbocycles. The van der Waals surface area contributed by atoms with Gasteiger partial charge in [-0.05, 0) is 37.8 Å². The van der Waals surface area contributed by atoms with Crippen LogP contribution in [0, 0.1) is 0 Å². The fraction of sp³-hybridized carbons (Fsp3) is 0.478. The molecule has 12 heteroatoms. The van der Waals surface area contributed by atoms with E-state index in [4.69, 9.17) is 23.5 Å². The van der Waals surface area contributed by atoms with E-state index in [0.29, 0.717) is 11.3 Å². The summed E-state index contributed by atoms with van der Waals surface area (Å²) in [5.41, 5.74) is 4.85. The lowest BCUT2D eigenvalue weighted by atomic mass is 10.0. The smallest absolute Gasteiger partial charge is 0.333 e. The van der Waals surface area contributed by atoms with Crippen molar-refractivity contribution in [2.45, 2.75) is 62.9 Å². The lowest BCUT2D eigenvalue weighted by Crippen LogP contribution is -2.34. The molecule has 2 fully saturated rings. The number of fused-ring (bicyclic) bond motifs is 3. The lowest BCUT2D eigenvalue weighted by Gasteiger charge is -2.23. The molecule has 3 aromatic rings. The zero-order valence-corrected chi connectivity index (χ0v) is 20.1. The number of aromatic nitrogens is 3.